The van der Waals surface area contributed by atoms with Crippen molar-refractivity contribution in [1.82, 2.24) is 5.32 Å². The van der Waals surface area contributed by atoms with Gasteiger partial charge in [0, 0.05) is 13.0 Å². The van der Waals surface area contributed by atoms with Crippen molar-refractivity contribution in [2.75, 3.05) is 0 Å². The van der Waals surface area contributed by atoms with Crippen LogP contribution in [0.2, 0.25) is 0 Å². The van der Waals surface area contributed by atoms with Crippen molar-refractivity contribution < 1.29 is 14.7 Å². The molecular formula is C12H16N2O3. The number of hydrogen-bond acceptors (Lipinski definition) is 3. The molecule has 1 aromatic carbocycles. The predicted molar refractivity (Wildman–Crippen MR) is 63.1 cm³/mol. The maximum absolute atomic E-state index is 11.4. The Morgan fingerprint density at radius 1 is 1.29 bits per heavy atom. The van der Waals surface area contributed by atoms with Crippen LogP contribution < -0.4 is 11.1 Å². The zero-order chi connectivity index (χ0) is 12.7. The third-order valence-corrected chi connectivity index (χ3v) is 2.33. The van der Waals surface area contributed by atoms with Gasteiger partial charge in [-0.05, 0) is 12.0 Å². The molecule has 5 nitrogen and oxygen atoms in total. The van der Waals surface area contributed by atoms with Crippen LogP contribution >= 0.6 is 0 Å². The van der Waals surface area contributed by atoms with Gasteiger partial charge >= 0.3 is 5.97 Å². The lowest BCUT2D eigenvalue weighted by atomic mass is 10.1. The van der Waals surface area contributed by atoms with Crippen molar-refractivity contribution in [3.63, 3.8) is 0 Å². The van der Waals surface area contributed by atoms with E-state index >= 15 is 0 Å². The summed E-state index contributed by atoms with van der Waals surface area (Å²) in [5, 5.41) is 11.3. The molecule has 1 unspecified atom stereocenters. The zero-order valence-corrected chi connectivity index (χ0v) is 9.43. The zero-order valence-electron chi connectivity index (χ0n) is 9.43. The SMILES string of the molecule is NC(CCC(=O)NCc1ccccc1)C(=O)O. The number of hydrogen-bond donors (Lipinski definition) is 3. The first-order chi connectivity index (χ1) is 8.09. The highest BCUT2D eigenvalue weighted by atomic mass is 16.4. The third-order valence-electron chi connectivity index (χ3n) is 2.33. The lowest BCUT2D eigenvalue weighted by Gasteiger charge is -2.07. The summed E-state index contributed by atoms with van der Waals surface area (Å²) in [6.45, 7) is 0.446. The molecule has 0 aromatic heterocycles. The van der Waals surface area contributed by atoms with Crippen LogP contribution in [0, 0.1) is 0 Å². The molecule has 1 atom stereocenters. The van der Waals surface area contributed by atoms with Crippen molar-refractivity contribution in [2.24, 2.45) is 5.73 Å². The number of carbonyl (C=O) groups is 2. The molecule has 1 amide bonds. The molecule has 0 radical (unpaired) electrons. The van der Waals surface area contributed by atoms with Crippen molar-refractivity contribution >= 4 is 11.9 Å². The lowest BCUT2D eigenvalue weighted by molar-refractivity contribution is -0.138. The summed E-state index contributed by atoms with van der Waals surface area (Å²) in [4.78, 5) is 21.8. The molecular weight excluding hydrogens is 220 g/mol. The van der Waals surface area contributed by atoms with Crippen molar-refractivity contribution in [2.45, 2.75) is 25.4 Å². The third kappa shape index (κ3) is 5.12. The lowest BCUT2D eigenvalue weighted by Crippen LogP contribution is -2.32. The Morgan fingerprint density at radius 3 is 2.53 bits per heavy atom. The smallest absolute Gasteiger partial charge is 0.320 e. The molecule has 17 heavy (non-hydrogen) atoms. The second kappa shape index (κ2) is 6.65. The van der Waals surface area contributed by atoms with E-state index in [4.69, 9.17) is 10.8 Å². The number of nitrogens with one attached hydrogen (secondary N) is 1. The van der Waals surface area contributed by atoms with E-state index in [0.29, 0.717) is 6.54 Å². The van der Waals surface area contributed by atoms with Crippen LogP contribution in [-0.2, 0) is 16.1 Å². The monoisotopic (exact) mass is 236 g/mol. The van der Waals surface area contributed by atoms with Gasteiger partial charge in [0.05, 0.1) is 0 Å². The molecule has 0 fully saturated rings. The first-order valence-electron chi connectivity index (χ1n) is 5.38. The summed E-state index contributed by atoms with van der Waals surface area (Å²) in [6.07, 6.45) is 0.274. The van der Waals surface area contributed by atoms with Gasteiger partial charge in [0.1, 0.15) is 6.04 Å². The molecule has 92 valence electrons. The van der Waals surface area contributed by atoms with Crippen LogP contribution in [0.15, 0.2) is 30.3 Å². The number of benzene rings is 1. The number of rotatable bonds is 6. The van der Waals surface area contributed by atoms with Gasteiger partial charge in [-0.3, -0.25) is 9.59 Å². The fourth-order valence-electron chi connectivity index (χ4n) is 1.29. The predicted octanol–water partition coefficient (Wildman–Crippen LogP) is 0.495. The van der Waals surface area contributed by atoms with Crippen LogP contribution in [0.25, 0.3) is 0 Å². The van der Waals surface area contributed by atoms with Crippen LogP contribution in [0.4, 0.5) is 0 Å². The van der Waals surface area contributed by atoms with Gasteiger partial charge in [-0.2, -0.15) is 0 Å². The standard InChI is InChI=1S/C12H16N2O3/c13-10(12(16)17)6-7-11(15)14-8-9-4-2-1-3-5-9/h1-5,10H,6-8,13H2,(H,14,15)(H,16,17). The topological polar surface area (TPSA) is 92.4 Å². The molecule has 0 aliphatic carbocycles. The van der Waals surface area contributed by atoms with E-state index in [1.807, 2.05) is 30.3 Å². The second-order valence-corrected chi connectivity index (χ2v) is 3.75. The Morgan fingerprint density at radius 2 is 1.94 bits per heavy atom. The molecule has 1 rings (SSSR count). The first kappa shape index (κ1) is 13.2. The van der Waals surface area contributed by atoms with Gasteiger partial charge in [0.15, 0.2) is 0 Å². The molecule has 0 bridgehead atoms. The Kier molecular flexibility index (Phi) is 5.16. The van der Waals surface area contributed by atoms with Crippen LogP contribution in [0.1, 0.15) is 18.4 Å². The maximum atomic E-state index is 11.4. The Balaban J connectivity index is 2.24. The van der Waals surface area contributed by atoms with Crippen molar-refractivity contribution in [1.29, 1.82) is 0 Å². The molecule has 0 saturated carbocycles. The minimum absolute atomic E-state index is 0.125. The van der Waals surface area contributed by atoms with E-state index in [9.17, 15) is 9.59 Å². The average Bonchev–Trinajstić information content (AvgIpc) is 2.34. The molecule has 0 heterocycles. The van der Waals surface area contributed by atoms with E-state index in [-0.39, 0.29) is 18.7 Å². The Hall–Kier alpha value is -1.88. The van der Waals surface area contributed by atoms with Gasteiger partial charge < -0.3 is 16.2 Å². The van der Waals surface area contributed by atoms with Crippen molar-refractivity contribution in [3.05, 3.63) is 35.9 Å². The number of amides is 1. The minimum atomic E-state index is -1.08. The minimum Gasteiger partial charge on any atom is -0.480 e. The fourth-order valence-corrected chi connectivity index (χ4v) is 1.29. The molecule has 0 saturated heterocycles. The van der Waals surface area contributed by atoms with Crippen LogP contribution in [-0.4, -0.2) is 23.0 Å². The molecule has 0 aliphatic heterocycles. The van der Waals surface area contributed by atoms with E-state index in [1.165, 1.54) is 0 Å². The molecule has 5 heteroatoms. The number of carboxylic acid groups (broad SMARTS) is 1. The van der Waals surface area contributed by atoms with Gasteiger partial charge in [-0.1, -0.05) is 30.3 Å². The van der Waals surface area contributed by atoms with E-state index in [2.05, 4.69) is 5.32 Å². The van der Waals surface area contributed by atoms with Gasteiger partial charge in [-0.15, -0.1) is 0 Å². The Labute approximate surface area is 99.6 Å². The molecule has 0 aliphatic rings. The second-order valence-electron chi connectivity index (χ2n) is 3.75. The highest BCUT2D eigenvalue weighted by Gasteiger charge is 2.13. The number of nitrogens with two attached hydrogens (primary N) is 1. The molecule has 1 aromatic rings. The maximum Gasteiger partial charge on any atom is 0.320 e. The van der Waals surface area contributed by atoms with Crippen molar-refractivity contribution in [3.8, 4) is 0 Å². The van der Waals surface area contributed by atoms with Gasteiger partial charge in [0.25, 0.3) is 0 Å². The van der Waals surface area contributed by atoms with Gasteiger partial charge in [0.2, 0.25) is 5.91 Å². The van der Waals surface area contributed by atoms with Crippen LogP contribution in [0.5, 0.6) is 0 Å². The highest BCUT2D eigenvalue weighted by molar-refractivity contribution is 5.78. The first-order valence-corrected chi connectivity index (χ1v) is 5.38. The summed E-state index contributed by atoms with van der Waals surface area (Å²) in [7, 11) is 0. The molecule has 4 N–H and O–H groups in total. The van der Waals surface area contributed by atoms with E-state index in [0.717, 1.165) is 5.56 Å². The van der Waals surface area contributed by atoms with Gasteiger partial charge in [-0.25, -0.2) is 0 Å². The summed E-state index contributed by atoms with van der Waals surface area (Å²) >= 11 is 0. The number of aliphatic carboxylic acids is 1. The van der Waals surface area contributed by atoms with Crippen LogP contribution in [0.3, 0.4) is 0 Å². The largest absolute Gasteiger partial charge is 0.480 e. The fraction of sp³-hybridized carbons (Fsp3) is 0.333. The summed E-state index contributed by atoms with van der Waals surface area (Å²) in [6, 6.07) is 8.52. The summed E-state index contributed by atoms with van der Waals surface area (Å²) < 4.78 is 0. The summed E-state index contributed by atoms with van der Waals surface area (Å²) in [5.74, 6) is -1.27. The molecule has 0 spiro atoms. The summed E-state index contributed by atoms with van der Waals surface area (Å²) in [5.41, 5.74) is 6.30. The van der Waals surface area contributed by atoms with E-state index < -0.39 is 12.0 Å². The van der Waals surface area contributed by atoms with E-state index in [1.54, 1.807) is 0 Å². The Bertz CT molecular complexity index is 379. The highest BCUT2D eigenvalue weighted by Crippen LogP contribution is 1.99. The number of carbonyl (C=O) groups excluding carboxylic acids is 1. The average molecular weight is 236 g/mol. The number of carboxylic acids is 1. The quantitative estimate of drug-likeness (QED) is 0.670. The normalized spacial score (nSPS) is 11.8.